The maximum atomic E-state index is 13.3. The zero-order chi connectivity index (χ0) is 20.5. The van der Waals surface area contributed by atoms with Crippen LogP contribution in [0.1, 0.15) is 19.3 Å². The number of para-hydroxylation sites is 1. The Kier molecular flexibility index (Phi) is 5.48. The topological polar surface area (TPSA) is 59.4 Å². The summed E-state index contributed by atoms with van der Waals surface area (Å²) in [6, 6.07) is 15.7. The Morgan fingerprint density at radius 2 is 1.67 bits per heavy atom. The molecule has 1 saturated heterocycles. The number of phenols is 1. The van der Waals surface area contributed by atoms with E-state index in [-0.39, 0.29) is 5.75 Å². The number of hydrogen-bond acceptors (Lipinski definition) is 5. The van der Waals surface area contributed by atoms with Crippen LogP contribution >= 0.6 is 0 Å². The third-order valence-electron chi connectivity index (χ3n) is 6.44. The average Bonchev–Trinajstić information content (AvgIpc) is 3.23. The third-order valence-corrected chi connectivity index (χ3v) is 7.86. The molecule has 2 aromatic rings. The van der Waals surface area contributed by atoms with Gasteiger partial charge in [0, 0.05) is 37.8 Å². The van der Waals surface area contributed by atoms with Crippen molar-refractivity contribution in [3.63, 3.8) is 0 Å². The van der Waals surface area contributed by atoms with Crippen LogP contribution in [0.25, 0.3) is 11.1 Å². The van der Waals surface area contributed by atoms with Crippen LogP contribution in [0.5, 0.6) is 5.75 Å². The van der Waals surface area contributed by atoms with E-state index in [0.717, 1.165) is 54.2 Å². The van der Waals surface area contributed by atoms with E-state index in [1.807, 2.05) is 46.8 Å². The van der Waals surface area contributed by atoms with Crippen molar-refractivity contribution in [2.45, 2.75) is 30.2 Å². The Hall–Kier alpha value is -2.38. The first kappa shape index (κ1) is 19.6. The summed E-state index contributed by atoms with van der Waals surface area (Å²) >= 11 is 0. The second-order valence-electron chi connectivity index (χ2n) is 8.18. The summed E-state index contributed by atoms with van der Waals surface area (Å²) < 4.78 is 15.3. The largest absolute Gasteiger partial charge is 0.507 e. The van der Waals surface area contributed by atoms with Gasteiger partial charge in [0.1, 0.15) is 5.75 Å². The molecule has 1 N–H and O–H groups in total. The van der Waals surface area contributed by atoms with Crippen molar-refractivity contribution in [3.05, 3.63) is 48.5 Å². The number of rotatable bonds is 4. The van der Waals surface area contributed by atoms with Gasteiger partial charge in [-0.3, -0.25) is 14.2 Å². The van der Waals surface area contributed by atoms with Crippen LogP contribution in [0, 0.1) is 0 Å². The fourth-order valence-corrected chi connectivity index (χ4v) is 5.66. The van der Waals surface area contributed by atoms with E-state index in [1.165, 1.54) is 19.3 Å². The molecule has 2 heterocycles. The molecule has 2 aromatic carbocycles. The average molecular weight is 425 g/mol. The van der Waals surface area contributed by atoms with E-state index in [4.69, 9.17) is 4.99 Å². The van der Waals surface area contributed by atoms with Crippen LogP contribution in [0.2, 0.25) is 0 Å². The molecule has 0 radical (unpaired) electrons. The highest BCUT2D eigenvalue weighted by Crippen LogP contribution is 2.30. The van der Waals surface area contributed by atoms with E-state index in [0.29, 0.717) is 13.1 Å². The molecule has 0 amide bonds. The van der Waals surface area contributed by atoms with Crippen LogP contribution in [0.15, 0.2) is 58.4 Å². The lowest BCUT2D eigenvalue weighted by atomic mass is 9.91. The molecule has 2 aliphatic heterocycles. The first-order valence-corrected chi connectivity index (χ1v) is 11.9. The highest BCUT2D eigenvalue weighted by molar-refractivity contribution is 7.83. The van der Waals surface area contributed by atoms with Crippen LogP contribution < -0.4 is 0 Å². The van der Waals surface area contributed by atoms with Crippen LogP contribution in [-0.4, -0.2) is 74.7 Å². The zero-order valence-corrected chi connectivity index (χ0v) is 17.9. The van der Waals surface area contributed by atoms with Gasteiger partial charge in [-0.05, 0) is 36.6 Å². The molecule has 5 rings (SSSR count). The first-order chi connectivity index (χ1) is 14.7. The summed E-state index contributed by atoms with van der Waals surface area (Å²) in [5, 5.41) is 10.1. The lowest BCUT2D eigenvalue weighted by Gasteiger charge is -2.44. The normalized spacial score (nSPS) is 21.4. The second kappa shape index (κ2) is 8.40. The predicted molar refractivity (Wildman–Crippen MR) is 120 cm³/mol. The van der Waals surface area contributed by atoms with Gasteiger partial charge in [-0.1, -0.05) is 36.8 Å². The van der Waals surface area contributed by atoms with Crippen molar-refractivity contribution < 1.29 is 9.32 Å². The highest BCUT2D eigenvalue weighted by Gasteiger charge is 2.33. The molecule has 0 spiro atoms. The van der Waals surface area contributed by atoms with Gasteiger partial charge in [0.2, 0.25) is 5.96 Å². The molecule has 7 heteroatoms. The minimum absolute atomic E-state index is 0.251. The molecule has 1 unspecified atom stereocenters. The Bertz CT molecular complexity index is 950. The van der Waals surface area contributed by atoms with E-state index in [1.54, 1.807) is 6.07 Å². The molecule has 3 aliphatic rings. The smallest absolute Gasteiger partial charge is 0.209 e. The Balaban J connectivity index is 1.26. The fraction of sp³-hybridized carbons (Fsp3) is 0.435. The predicted octanol–water partition coefficient (Wildman–Crippen LogP) is 2.92. The van der Waals surface area contributed by atoms with Gasteiger partial charge < -0.3 is 10.0 Å². The lowest BCUT2D eigenvalue weighted by molar-refractivity contribution is 0.0834. The maximum Gasteiger partial charge on any atom is 0.209 e. The van der Waals surface area contributed by atoms with Gasteiger partial charge in [0.25, 0.3) is 0 Å². The molecule has 1 atom stereocenters. The third kappa shape index (κ3) is 3.72. The van der Waals surface area contributed by atoms with E-state index < -0.39 is 11.0 Å². The van der Waals surface area contributed by atoms with Gasteiger partial charge in [-0.25, -0.2) is 4.21 Å². The van der Waals surface area contributed by atoms with Crippen molar-refractivity contribution in [1.29, 1.82) is 0 Å². The Morgan fingerprint density at radius 1 is 0.933 bits per heavy atom. The van der Waals surface area contributed by atoms with Crippen LogP contribution in [-0.2, 0) is 11.0 Å². The molecule has 6 nitrogen and oxygen atoms in total. The quantitative estimate of drug-likeness (QED) is 0.820. The number of phenolic OH excluding ortho intramolecular Hbond substituents is 1. The maximum absolute atomic E-state index is 13.3. The van der Waals surface area contributed by atoms with Gasteiger partial charge in [0.05, 0.1) is 18.0 Å². The van der Waals surface area contributed by atoms with Gasteiger partial charge in [-0.15, -0.1) is 0 Å². The van der Waals surface area contributed by atoms with Crippen molar-refractivity contribution >= 4 is 16.9 Å². The number of guanidine groups is 1. The van der Waals surface area contributed by atoms with Gasteiger partial charge >= 0.3 is 0 Å². The molecular formula is C23H28N4O2S. The SMILES string of the molecule is O=S(c1ccc(-c2ccccc2O)cc1)N1CCN=C1N1CCN(C2CCC2)CC1. The second-order valence-corrected chi connectivity index (χ2v) is 9.59. The Labute approximate surface area is 180 Å². The number of piperazine rings is 1. The number of aromatic hydroxyl groups is 1. The Morgan fingerprint density at radius 3 is 2.33 bits per heavy atom. The minimum atomic E-state index is -1.28. The zero-order valence-electron chi connectivity index (χ0n) is 17.1. The molecule has 0 bridgehead atoms. The molecule has 1 aliphatic carbocycles. The standard InChI is InChI=1S/C23H28N4O2S/c28-22-7-2-1-6-21(22)18-8-10-20(11-9-18)30(29)27-13-12-24-23(27)26-16-14-25(15-17-26)19-4-3-5-19/h1-2,6-11,19,28H,3-5,12-17H2. The summed E-state index contributed by atoms with van der Waals surface area (Å²) in [7, 11) is -1.28. The van der Waals surface area contributed by atoms with Crippen LogP contribution in [0.3, 0.4) is 0 Å². The van der Waals surface area contributed by atoms with Crippen molar-refractivity contribution in [1.82, 2.24) is 14.1 Å². The van der Waals surface area contributed by atoms with Crippen molar-refractivity contribution in [3.8, 4) is 16.9 Å². The highest BCUT2D eigenvalue weighted by atomic mass is 32.2. The summed E-state index contributed by atoms with van der Waals surface area (Å²) in [6.07, 6.45) is 4.05. The number of aliphatic imine (C=N–C) groups is 1. The lowest BCUT2D eigenvalue weighted by Crippen LogP contribution is -2.55. The number of hydrogen-bond donors (Lipinski definition) is 1. The minimum Gasteiger partial charge on any atom is -0.507 e. The summed E-state index contributed by atoms with van der Waals surface area (Å²) in [5.74, 6) is 1.13. The first-order valence-electron chi connectivity index (χ1n) is 10.8. The van der Waals surface area contributed by atoms with Crippen LogP contribution in [0.4, 0.5) is 0 Å². The molecule has 1 saturated carbocycles. The van der Waals surface area contributed by atoms with E-state index in [2.05, 4.69) is 9.80 Å². The summed E-state index contributed by atoms with van der Waals surface area (Å²) in [6.45, 7) is 5.43. The fourth-order valence-electron chi connectivity index (χ4n) is 4.47. The molecule has 0 aromatic heterocycles. The summed E-state index contributed by atoms with van der Waals surface area (Å²) in [4.78, 5) is 10.4. The van der Waals surface area contributed by atoms with Gasteiger partial charge in [0.15, 0.2) is 11.0 Å². The molecular weight excluding hydrogens is 396 g/mol. The van der Waals surface area contributed by atoms with Crippen molar-refractivity contribution in [2.24, 2.45) is 4.99 Å². The summed E-state index contributed by atoms with van der Waals surface area (Å²) in [5.41, 5.74) is 1.69. The molecule has 30 heavy (non-hydrogen) atoms. The monoisotopic (exact) mass is 424 g/mol. The number of nitrogens with zero attached hydrogens (tertiary/aromatic N) is 4. The van der Waals surface area contributed by atoms with Gasteiger partial charge in [-0.2, -0.15) is 0 Å². The van der Waals surface area contributed by atoms with Crippen molar-refractivity contribution in [2.75, 3.05) is 39.3 Å². The molecule has 2 fully saturated rings. The van der Waals surface area contributed by atoms with E-state index >= 15 is 0 Å². The number of benzene rings is 2. The molecule has 158 valence electrons. The van der Waals surface area contributed by atoms with E-state index in [9.17, 15) is 9.32 Å².